The summed E-state index contributed by atoms with van der Waals surface area (Å²) in [4.78, 5) is 34.7. The molecule has 2 rings (SSSR count). The van der Waals surface area contributed by atoms with Crippen molar-refractivity contribution in [2.45, 2.75) is 0 Å². The van der Waals surface area contributed by atoms with E-state index in [0.29, 0.717) is 20.2 Å². The van der Waals surface area contributed by atoms with Crippen LogP contribution in [0.25, 0.3) is 11.1 Å². The van der Waals surface area contributed by atoms with E-state index in [1.165, 1.54) is 0 Å². The summed E-state index contributed by atoms with van der Waals surface area (Å²) in [6.45, 7) is -0.551. The van der Waals surface area contributed by atoms with Crippen LogP contribution in [0.3, 0.4) is 0 Å². The summed E-state index contributed by atoms with van der Waals surface area (Å²) in [5.41, 5.74) is 8.18. The monoisotopic (exact) mass is 517 g/mol. The number of amides is 2. The topological polar surface area (TPSA) is 122 Å². The Morgan fingerprint density at radius 1 is 1.07 bits per heavy atom. The number of halogens is 3. The Bertz CT molecular complexity index is 898. The molecule has 2 aromatic carbocycles. The lowest BCUT2D eigenvalue weighted by Crippen LogP contribution is -2.30. The van der Waals surface area contributed by atoms with Crippen molar-refractivity contribution in [3.8, 4) is 11.1 Å². The molecule has 0 unspecified atom stereocenters. The minimum Gasteiger partial charge on any atom is -0.480 e. The number of hydrogen-bond donors (Lipinski definition) is 4. The molecule has 0 aromatic heterocycles. The Kier molecular flexibility index (Phi) is 7.23. The standard InChI is InChI=1S/C17H14Br2ClN3O4/c18-11-4-9(5-12(19)16(11)21)8-1-2-13(23-14(24)6-20)10(3-8)17(27)22-7-15(25)26/h1-5H,6-7,21H2,(H,22,27)(H,23,24)(H,25,26). The molecule has 0 fully saturated rings. The zero-order valence-corrected chi connectivity index (χ0v) is 17.6. The number of benzene rings is 2. The Morgan fingerprint density at radius 2 is 1.70 bits per heavy atom. The lowest BCUT2D eigenvalue weighted by Gasteiger charge is -2.13. The van der Waals surface area contributed by atoms with Gasteiger partial charge in [0.15, 0.2) is 0 Å². The van der Waals surface area contributed by atoms with Crippen LogP contribution in [0.15, 0.2) is 39.3 Å². The molecule has 0 bridgehead atoms. The SMILES string of the molecule is Nc1c(Br)cc(-c2ccc(NC(=O)CCl)c(C(=O)NCC(=O)O)c2)cc1Br. The second kappa shape index (κ2) is 9.20. The summed E-state index contributed by atoms with van der Waals surface area (Å²) < 4.78 is 1.34. The van der Waals surface area contributed by atoms with Gasteiger partial charge in [-0.25, -0.2) is 0 Å². The summed E-state index contributed by atoms with van der Waals surface area (Å²) >= 11 is 12.2. The fraction of sp³-hybridized carbons (Fsp3) is 0.118. The molecule has 10 heteroatoms. The number of nitrogens with two attached hydrogens (primary N) is 1. The first-order chi connectivity index (χ1) is 12.7. The van der Waals surface area contributed by atoms with Crippen molar-refractivity contribution in [2.24, 2.45) is 0 Å². The van der Waals surface area contributed by atoms with Crippen LogP contribution in [0.5, 0.6) is 0 Å². The zero-order chi connectivity index (χ0) is 20.1. The Hall–Kier alpha value is -2.10. The van der Waals surface area contributed by atoms with Gasteiger partial charge in [0, 0.05) is 8.95 Å². The smallest absolute Gasteiger partial charge is 0.322 e. The molecule has 7 nitrogen and oxygen atoms in total. The van der Waals surface area contributed by atoms with Gasteiger partial charge in [-0.1, -0.05) is 6.07 Å². The number of carbonyl (C=O) groups excluding carboxylic acids is 2. The lowest BCUT2D eigenvalue weighted by molar-refractivity contribution is -0.135. The molecular weight excluding hydrogens is 505 g/mol. The molecule has 0 radical (unpaired) electrons. The van der Waals surface area contributed by atoms with E-state index in [0.717, 1.165) is 5.56 Å². The van der Waals surface area contributed by atoms with E-state index in [2.05, 4.69) is 42.5 Å². The fourth-order valence-corrected chi connectivity index (χ4v) is 3.46. The van der Waals surface area contributed by atoms with E-state index >= 15 is 0 Å². The molecule has 0 saturated heterocycles. The van der Waals surface area contributed by atoms with Crippen molar-refractivity contribution in [3.05, 3.63) is 44.8 Å². The second-order valence-corrected chi connectivity index (χ2v) is 7.35. The third-order valence-electron chi connectivity index (χ3n) is 3.47. The minimum atomic E-state index is -1.18. The molecule has 0 aliphatic carbocycles. The highest BCUT2D eigenvalue weighted by atomic mass is 79.9. The first-order valence-electron chi connectivity index (χ1n) is 7.47. The molecule has 0 aliphatic heterocycles. The van der Waals surface area contributed by atoms with Crippen molar-refractivity contribution in [3.63, 3.8) is 0 Å². The van der Waals surface area contributed by atoms with Gasteiger partial charge in [0.25, 0.3) is 5.91 Å². The number of aliphatic carboxylic acids is 1. The first kappa shape index (κ1) is 21.2. The van der Waals surface area contributed by atoms with Gasteiger partial charge in [0.2, 0.25) is 5.91 Å². The number of hydrogen-bond acceptors (Lipinski definition) is 4. The molecule has 0 aliphatic rings. The molecule has 2 aromatic rings. The summed E-state index contributed by atoms with van der Waals surface area (Å²) in [6, 6.07) is 8.37. The summed E-state index contributed by atoms with van der Waals surface area (Å²) in [7, 11) is 0. The lowest BCUT2D eigenvalue weighted by atomic mass is 10.0. The van der Waals surface area contributed by atoms with Crippen LogP contribution in [0.1, 0.15) is 10.4 Å². The van der Waals surface area contributed by atoms with Gasteiger partial charge in [0.05, 0.1) is 16.9 Å². The predicted octanol–water partition coefficient (Wildman–Crippen LogP) is 3.45. The van der Waals surface area contributed by atoms with Gasteiger partial charge in [-0.15, -0.1) is 11.6 Å². The van der Waals surface area contributed by atoms with E-state index in [1.54, 1.807) is 30.3 Å². The molecule has 2 amide bonds. The number of nitrogens with one attached hydrogen (secondary N) is 2. The highest BCUT2D eigenvalue weighted by Crippen LogP contribution is 2.35. The molecule has 0 saturated carbocycles. The van der Waals surface area contributed by atoms with E-state index in [4.69, 9.17) is 22.4 Å². The van der Waals surface area contributed by atoms with Crippen molar-refractivity contribution >= 4 is 72.6 Å². The summed E-state index contributed by atoms with van der Waals surface area (Å²) in [6.07, 6.45) is 0. The Labute approximate surface area is 176 Å². The number of anilines is 2. The highest BCUT2D eigenvalue weighted by Gasteiger charge is 2.16. The van der Waals surface area contributed by atoms with Crippen LogP contribution < -0.4 is 16.4 Å². The zero-order valence-electron chi connectivity index (χ0n) is 13.7. The van der Waals surface area contributed by atoms with Gasteiger partial charge in [-0.3, -0.25) is 14.4 Å². The van der Waals surface area contributed by atoms with Crippen LogP contribution in [0.2, 0.25) is 0 Å². The maximum Gasteiger partial charge on any atom is 0.322 e. The molecule has 0 atom stereocenters. The molecule has 0 spiro atoms. The number of nitrogen functional groups attached to an aromatic ring is 1. The number of carboxylic acids is 1. The number of carboxylic acid groups (broad SMARTS) is 1. The van der Waals surface area contributed by atoms with Crippen molar-refractivity contribution < 1.29 is 19.5 Å². The maximum atomic E-state index is 12.4. The largest absolute Gasteiger partial charge is 0.480 e. The summed E-state index contributed by atoms with van der Waals surface area (Å²) in [5, 5.41) is 13.6. The number of rotatable bonds is 6. The van der Waals surface area contributed by atoms with Crippen LogP contribution in [-0.4, -0.2) is 35.3 Å². The highest BCUT2D eigenvalue weighted by molar-refractivity contribution is 9.11. The average Bonchev–Trinajstić information content (AvgIpc) is 2.63. The summed E-state index contributed by atoms with van der Waals surface area (Å²) in [5.74, 6) is -2.60. The average molecular weight is 520 g/mol. The molecular formula is C17H14Br2ClN3O4. The Balaban J connectivity index is 2.49. The minimum absolute atomic E-state index is 0.108. The van der Waals surface area contributed by atoms with E-state index in [-0.39, 0.29) is 17.1 Å². The molecule has 142 valence electrons. The molecule has 27 heavy (non-hydrogen) atoms. The van der Waals surface area contributed by atoms with Gasteiger partial charge < -0.3 is 21.5 Å². The first-order valence-corrected chi connectivity index (χ1v) is 9.59. The van der Waals surface area contributed by atoms with Crippen LogP contribution in [0.4, 0.5) is 11.4 Å². The molecule has 5 N–H and O–H groups in total. The van der Waals surface area contributed by atoms with Gasteiger partial charge in [-0.2, -0.15) is 0 Å². The van der Waals surface area contributed by atoms with E-state index in [1.807, 2.05) is 0 Å². The third kappa shape index (κ3) is 5.44. The second-order valence-electron chi connectivity index (χ2n) is 5.37. The van der Waals surface area contributed by atoms with E-state index < -0.39 is 24.3 Å². The number of alkyl halides is 1. The maximum absolute atomic E-state index is 12.4. The predicted molar refractivity (Wildman–Crippen MR) is 111 cm³/mol. The quantitative estimate of drug-likeness (QED) is 0.344. The Morgan fingerprint density at radius 3 is 2.26 bits per heavy atom. The molecule has 0 heterocycles. The van der Waals surface area contributed by atoms with Gasteiger partial charge in [-0.05, 0) is 67.3 Å². The third-order valence-corrected chi connectivity index (χ3v) is 5.03. The van der Waals surface area contributed by atoms with Crippen LogP contribution >= 0.6 is 43.5 Å². The van der Waals surface area contributed by atoms with Gasteiger partial charge >= 0.3 is 5.97 Å². The van der Waals surface area contributed by atoms with Crippen LogP contribution in [-0.2, 0) is 9.59 Å². The van der Waals surface area contributed by atoms with Crippen LogP contribution in [0, 0.1) is 0 Å². The normalized spacial score (nSPS) is 10.3. The van der Waals surface area contributed by atoms with Crippen molar-refractivity contribution in [2.75, 3.05) is 23.5 Å². The van der Waals surface area contributed by atoms with Gasteiger partial charge in [0.1, 0.15) is 12.4 Å². The van der Waals surface area contributed by atoms with Crippen molar-refractivity contribution in [1.82, 2.24) is 5.32 Å². The van der Waals surface area contributed by atoms with E-state index in [9.17, 15) is 14.4 Å². The van der Waals surface area contributed by atoms with Crippen molar-refractivity contribution in [1.29, 1.82) is 0 Å². The fourth-order valence-electron chi connectivity index (χ4n) is 2.21. The number of carbonyl (C=O) groups is 3.